The maximum Gasteiger partial charge on any atom is 0.188 e. The largest absolute Gasteiger partial charge is 0.383 e. The highest BCUT2D eigenvalue weighted by molar-refractivity contribution is 4.76. The number of hydrogen-bond acceptors (Lipinski definition) is 5. The first-order chi connectivity index (χ1) is 6.22. The van der Waals surface area contributed by atoms with Gasteiger partial charge in [0.1, 0.15) is 0 Å². The summed E-state index contributed by atoms with van der Waals surface area (Å²) >= 11 is 0. The van der Waals surface area contributed by atoms with Gasteiger partial charge in [0.2, 0.25) is 0 Å². The SMILES string of the molecule is COCC(C)NCc1nnn(C)n1. The van der Waals surface area contributed by atoms with E-state index in [0.29, 0.717) is 25.0 Å². The molecule has 1 unspecified atom stereocenters. The van der Waals surface area contributed by atoms with Crippen LogP contribution in [0.4, 0.5) is 0 Å². The first-order valence-corrected chi connectivity index (χ1v) is 4.17. The Labute approximate surface area is 77.3 Å². The molecule has 0 fully saturated rings. The number of methoxy groups -OCH3 is 1. The van der Waals surface area contributed by atoms with Gasteiger partial charge in [0.05, 0.1) is 20.2 Å². The average molecular weight is 185 g/mol. The van der Waals surface area contributed by atoms with Gasteiger partial charge in [0.15, 0.2) is 5.82 Å². The lowest BCUT2D eigenvalue weighted by atomic mass is 10.3. The Morgan fingerprint density at radius 1 is 1.62 bits per heavy atom. The molecule has 1 atom stereocenters. The number of nitrogens with one attached hydrogen (secondary N) is 1. The van der Waals surface area contributed by atoms with Gasteiger partial charge in [0.25, 0.3) is 0 Å². The quantitative estimate of drug-likeness (QED) is 0.659. The third-order valence-electron chi connectivity index (χ3n) is 1.58. The molecular weight excluding hydrogens is 170 g/mol. The topological polar surface area (TPSA) is 64.9 Å². The molecule has 1 aromatic rings. The van der Waals surface area contributed by atoms with Crippen molar-refractivity contribution in [2.75, 3.05) is 13.7 Å². The second kappa shape index (κ2) is 4.88. The molecule has 0 aliphatic heterocycles. The van der Waals surface area contributed by atoms with Crippen molar-refractivity contribution in [1.82, 2.24) is 25.5 Å². The molecule has 74 valence electrons. The molecule has 1 heterocycles. The van der Waals surface area contributed by atoms with Crippen molar-refractivity contribution in [3.05, 3.63) is 5.82 Å². The molecule has 0 saturated carbocycles. The van der Waals surface area contributed by atoms with Crippen LogP contribution in [0.3, 0.4) is 0 Å². The van der Waals surface area contributed by atoms with Crippen LogP contribution in [0.15, 0.2) is 0 Å². The fourth-order valence-electron chi connectivity index (χ4n) is 0.969. The summed E-state index contributed by atoms with van der Waals surface area (Å²) in [4.78, 5) is 1.44. The maximum atomic E-state index is 4.97. The Morgan fingerprint density at radius 3 is 2.92 bits per heavy atom. The van der Waals surface area contributed by atoms with E-state index in [9.17, 15) is 0 Å². The molecule has 0 amide bonds. The van der Waals surface area contributed by atoms with E-state index < -0.39 is 0 Å². The van der Waals surface area contributed by atoms with Crippen LogP contribution in [-0.2, 0) is 18.3 Å². The molecule has 0 spiro atoms. The second-order valence-corrected chi connectivity index (χ2v) is 2.93. The molecule has 0 aliphatic carbocycles. The minimum absolute atomic E-state index is 0.300. The van der Waals surface area contributed by atoms with Crippen LogP contribution in [0.2, 0.25) is 0 Å². The van der Waals surface area contributed by atoms with Crippen LogP contribution < -0.4 is 5.32 Å². The number of tetrazole rings is 1. The standard InChI is InChI=1S/C7H15N5O/c1-6(5-13-3)8-4-7-9-11-12(2)10-7/h6,8H,4-5H2,1-3H3. The highest BCUT2D eigenvalue weighted by atomic mass is 16.5. The zero-order valence-corrected chi connectivity index (χ0v) is 8.19. The molecule has 1 aromatic heterocycles. The summed E-state index contributed by atoms with van der Waals surface area (Å²) in [5.41, 5.74) is 0. The number of aryl methyl sites for hydroxylation is 1. The fourth-order valence-corrected chi connectivity index (χ4v) is 0.969. The van der Waals surface area contributed by atoms with Crippen molar-refractivity contribution in [3.63, 3.8) is 0 Å². The van der Waals surface area contributed by atoms with Crippen molar-refractivity contribution < 1.29 is 4.74 Å². The Hall–Kier alpha value is -1.01. The molecule has 1 rings (SSSR count). The van der Waals surface area contributed by atoms with E-state index in [4.69, 9.17) is 4.74 Å². The summed E-state index contributed by atoms with van der Waals surface area (Å²) < 4.78 is 4.97. The molecule has 1 N–H and O–H groups in total. The van der Waals surface area contributed by atoms with Crippen molar-refractivity contribution in [2.45, 2.75) is 19.5 Å². The molecule has 0 radical (unpaired) electrons. The summed E-state index contributed by atoms with van der Waals surface area (Å²) in [6.45, 7) is 3.35. The van der Waals surface area contributed by atoms with Crippen molar-refractivity contribution in [1.29, 1.82) is 0 Å². The molecule has 0 aliphatic rings. The van der Waals surface area contributed by atoms with E-state index in [-0.39, 0.29) is 0 Å². The lowest BCUT2D eigenvalue weighted by molar-refractivity contribution is 0.171. The van der Waals surface area contributed by atoms with E-state index >= 15 is 0 Å². The molecule has 0 saturated heterocycles. The van der Waals surface area contributed by atoms with E-state index in [2.05, 4.69) is 20.7 Å². The third-order valence-corrected chi connectivity index (χ3v) is 1.58. The average Bonchev–Trinajstić information content (AvgIpc) is 2.49. The van der Waals surface area contributed by atoms with Gasteiger partial charge >= 0.3 is 0 Å². The normalized spacial score (nSPS) is 13.2. The predicted molar refractivity (Wildman–Crippen MR) is 47.0 cm³/mol. The summed E-state index contributed by atoms with van der Waals surface area (Å²) in [5.74, 6) is 0.699. The zero-order chi connectivity index (χ0) is 9.68. The number of hydrogen-bond donors (Lipinski definition) is 1. The smallest absolute Gasteiger partial charge is 0.188 e. The predicted octanol–water partition coefficient (Wildman–Crippen LogP) is -0.665. The Balaban J connectivity index is 2.26. The maximum absolute atomic E-state index is 4.97. The molecule has 6 heteroatoms. The molecular formula is C7H15N5O. The number of nitrogens with zero attached hydrogens (tertiary/aromatic N) is 4. The van der Waals surface area contributed by atoms with Crippen LogP contribution >= 0.6 is 0 Å². The van der Waals surface area contributed by atoms with Gasteiger partial charge in [0, 0.05) is 13.2 Å². The summed E-state index contributed by atoms with van der Waals surface area (Å²) in [6.07, 6.45) is 0. The molecule has 0 bridgehead atoms. The van der Waals surface area contributed by atoms with Gasteiger partial charge in [-0.25, -0.2) is 0 Å². The van der Waals surface area contributed by atoms with Gasteiger partial charge in [-0.3, -0.25) is 0 Å². The van der Waals surface area contributed by atoms with Gasteiger partial charge in [-0.1, -0.05) is 0 Å². The molecule has 0 aromatic carbocycles. The zero-order valence-electron chi connectivity index (χ0n) is 8.19. The van der Waals surface area contributed by atoms with E-state index in [1.165, 1.54) is 4.80 Å². The fraction of sp³-hybridized carbons (Fsp3) is 0.857. The molecule has 13 heavy (non-hydrogen) atoms. The lowest BCUT2D eigenvalue weighted by Gasteiger charge is -2.09. The minimum atomic E-state index is 0.300. The van der Waals surface area contributed by atoms with Gasteiger partial charge in [-0.15, -0.1) is 10.2 Å². The number of ether oxygens (including phenoxy) is 1. The Bertz CT molecular complexity index is 249. The van der Waals surface area contributed by atoms with Crippen molar-refractivity contribution in [3.8, 4) is 0 Å². The second-order valence-electron chi connectivity index (χ2n) is 2.93. The first-order valence-electron chi connectivity index (χ1n) is 4.17. The van der Waals surface area contributed by atoms with Crippen LogP contribution in [0.5, 0.6) is 0 Å². The van der Waals surface area contributed by atoms with Crippen LogP contribution in [0, 0.1) is 0 Å². The number of aromatic nitrogens is 4. The Kier molecular flexibility index (Phi) is 3.78. The molecule has 6 nitrogen and oxygen atoms in total. The monoisotopic (exact) mass is 185 g/mol. The third kappa shape index (κ3) is 3.47. The highest BCUT2D eigenvalue weighted by Gasteiger charge is 2.03. The van der Waals surface area contributed by atoms with E-state index in [0.717, 1.165) is 0 Å². The Morgan fingerprint density at radius 2 is 2.38 bits per heavy atom. The van der Waals surface area contributed by atoms with E-state index in [1.54, 1.807) is 14.2 Å². The van der Waals surface area contributed by atoms with Crippen LogP contribution in [0.1, 0.15) is 12.7 Å². The van der Waals surface area contributed by atoms with E-state index in [1.807, 2.05) is 6.92 Å². The van der Waals surface area contributed by atoms with Crippen molar-refractivity contribution in [2.24, 2.45) is 7.05 Å². The summed E-state index contributed by atoms with van der Waals surface area (Å²) in [7, 11) is 3.42. The van der Waals surface area contributed by atoms with Crippen LogP contribution in [0.25, 0.3) is 0 Å². The first kappa shape index (κ1) is 10.1. The van der Waals surface area contributed by atoms with Gasteiger partial charge < -0.3 is 10.1 Å². The van der Waals surface area contributed by atoms with Crippen LogP contribution in [-0.4, -0.2) is 40.0 Å². The van der Waals surface area contributed by atoms with Gasteiger partial charge in [-0.2, -0.15) is 4.80 Å². The lowest BCUT2D eigenvalue weighted by Crippen LogP contribution is -2.30. The number of rotatable bonds is 5. The summed E-state index contributed by atoms with van der Waals surface area (Å²) in [6, 6.07) is 0.300. The van der Waals surface area contributed by atoms with Gasteiger partial charge in [-0.05, 0) is 12.1 Å². The summed E-state index contributed by atoms with van der Waals surface area (Å²) in [5, 5.41) is 14.8. The highest BCUT2D eigenvalue weighted by Crippen LogP contribution is 1.87. The minimum Gasteiger partial charge on any atom is -0.383 e. The van der Waals surface area contributed by atoms with Crippen molar-refractivity contribution >= 4 is 0 Å².